The Morgan fingerprint density at radius 2 is 2.21 bits per heavy atom. The summed E-state index contributed by atoms with van der Waals surface area (Å²) in [5.74, 6) is 0.821. The van der Waals surface area contributed by atoms with Crippen molar-refractivity contribution in [2.75, 3.05) is 20.1 Å². The predicted octanol–water partition coefficient (Wildman–Crippen LogP) is 4.11. The molecular weight excluding hydrogens is 320 g/mol. The average Bonchev–Trinajstić information content (AvgIpc) is 2.77. The standard InChI is InChI=1S/C15H25BrN2S/c1-3-17-15-7-5-4-6-12(15)9-18(2)10-14-8-13(16)11-19-14/h8,11-12,15,17H,3-7,9-10H2,1-2H3. The first-order chi connectivity index (χ1) is 9.19. The van der Waals surface area contributed by atoms with Crippen molar-refractivity contribution >= 4 is 27.3 Å². The molecule has 0 radical (unpaired) electrons. The summed E-state index contributed by atoms with van der Waals surface area (Å²) in [5.41, 5.74) is 0. The summed E-state index contributed by atoms with van der Waals surface area (Å²) in [6, 6.07) is 2.97. The second-order valence-corrected chi connectivity index (χ2v) is 7.55. The molecule has 0 saturated heterocycles. The molecule has 1 aromatic rings. The van der Waals surface area contributed by atoms with Gasteiger partial charge in [0.25, 0.3) is 0 Å². The third-order valence-corrected chi connectivity index (χ3v) is 5.65. The van der Waals surface area contributed by atoms with Gasteiger partial charge >= 0.3 is 0 Å². The minimum Gasteiger partial charge on any atom is -0.314 e. The van der Waals surface area contributed by atoms with Gasteiger partial charge in [0.1, 0.15) is 0 Å². The number of nitrogens with zero attached hydrogens (tertiary/aromatic N) is 1. The Labute approximate surface area is 129 Å². The van der Waals surface area contributed by atoms with Gasteiger partial charge in [-0.3, -0.25) is 0 Å². The highest BCUT2D eigenvalue weighted by molar-refractivity contribution is 9.10. The molecule has 1 aliphatic carbocycles. The maximum absolute atomic E-state index is 3.68. The molecule has 1 saturated carbocycles. The van der Waals surface area contributed by atoms with E-state index in [1.807, 2.05) is 11.3 Å². The number of hydrogen-bond acceptors (Lipinski definition) is 3. The smallest absolute Gasteiger partial charge is 0.0325 e. The van der Waals surface area contributed by atoms with Gasteiger partial charge in [0.05, 0.1) is 0 Å². The molecule has 1 heterocycles. The minimum atomic E-state index is 0.733. The van der Waals surface area contributed by atoms with Crippen molar-refractivity contribution in [2.45, 2.75) is 45.2 Å². The zero-order valence-corrected chi connectivity index (χ0v) is 14.4. The molecule has 19 heavy (non-hydrogen) atoms. The lowest BCUT2D eigenvalue weighted by Crippen LogP contribution is -2.43. The van der Waals surface area contributed by atoms with Crippen LogP contribution >= 0.6 is 27.3 Å². The molecule has 1 fully saturated rings. The summed E-state index contributed by atoms with van der Waals surface area (Å²) in [4.78, 5) is 3.93. The molecule has 1 aliphatic rings. The van der Waals surface area contributed by atoms with Crippen LogP contribution in [0.1, 0.15) is 37.5 Å². The largest absolute Gasteiger partial charge is 0.314 e. The lowest BCUT2D eigenvalue weighted by atomic mass is 9.84. The lowest BCUT2D eigenvalue weighted by molar-refractivity contribution is 0.187. The van der Waals surface area contributed by atoms with Crippen LogP contribution in [0.15, 0.2) is 15.9 Å². The number of rotatable bonds is 6. The summed E-state index contributed by atoms with van der Waals surface area (Å²) in [6.45, 7) is 5.61. The molecule has 0 amide bonds. The van der Waals surface area contributed by atoms with E-state index in [2.05, 4.69) is 51.6 Å². The molecule has 1 aromatic heterocycles. The SMILES string of the molecule is CCNC1CCCCC1CN(C)Cc1cc(Br)cs1. The Morgan fingerprint density at radius 3 is 2.89 bits per heavy atom. The van der Waals surface area contributed by atoms with Crippen LogP contribution in [0.25, 0.3) is 0 Å². The lowest BCUT2D eigenvalue weighted by Gasteiger charge is -2.34. The third-order valence-electron chi connectivity index (χ3n) is 3.97. The van der Waals surface area contributed by atoms with Crippen LogP contribution in [0.3, 0.4) is 0 Å². The topological polar surface area (TPSA) is 15.3 Å². The van der Waals surface area contributed by atoms with Gasteiger partial charge in [-0.15, -0.1) is 11.3 Å². The third kappa shape index (κ3) is 4.85. The molecule has 108 valence electrons. The highest BCUT2D eigenvalue weighted by Gasteiger charge is 2.25. The highest BCUT2D eigenvalue weighted by Crippen LogP contribution is 2.26. The van der Waals surface area contributed by atoms with E-state index in [-0.39, 0.29) is 0 Å². The molecule has 0 aliphatic heterocycles. The Kier molecular flexibility index (Phi) is 6.33. The molecule has 2 nitrogen and oxygen atoms in total. The van der Waals surface area contributed by atoms with E-state index in [0.717, 1.165) is 25.0 Å². The zero-order valence-electron chi connectivity index (χ0n) is 12.0. The van der Waals surface area contributed by atoms with Crippen LogP contribution < -0.4 is 5.32 Å². The van der Waals surface area contributed by atoms with Gasteiger partial charge in [-0.1, -0.05) is 19.8 Å². The quantitative estimate of drug-likeness (QED) is 0.835. The summed E-state index contributed by atoms with van der Waals surface area (Å²) in [6.07, 6.45) is 5.55. The Balaban J connectivity index is 1.84. The van der Waals surface area contributed by atoms with Crippen LogP contribution in [0, 0.1) is 5.92 Å². The fraction of sp³-hybridized carbons (Fsp3) is 0.733. The van der Waals surface area contributed by atoms with Gasteiger partial charge in [-0.2, -0.15) is 0 Å². The van der Waals surface area contributed by atoms with Gasteiger partial charge in [0.2, 0.25) is 0 Å². The van der Waals surface area contributed by atoms with E-state index < -0.39 is 0 Å². The minimum absolute atomic E-state index is 0.733. The van der Waals surface area contributed by atoms with Crippen LogP contribution in [0.2, 0.25) is 0 Å². The van der Waals surface area contributed by atoms with Crippen molar-refractivity contribution in [3.8, 4) is 0 Å². The van der Waals surface area contributed by atoms with Gasteiger partial charge in [-0.05, 0) is 54.3 Å². The molecule has 2 atom stereocenters. The van der Waals surface area contributed by atoms with Crippen molar-refractivity contribution in [3.63, 3.8) is 0 Å². The van der Waals surface area contributed by atoms with E-state index >= 15 is 0 Å². The number of halogens is 1. The van der Waals surface area contributed by atoms with Crippen molar-refractivity contribution in [1.82, 2.24) is 10.2 Å². The zero-order chi connectivity index (χ0) is 13.7. The predicted molar refractivity (Wildman–Crippen MR) is 87.8 cm³/mol. The van der Waals surface area contributed by atoms with Crippen molar-refractivity contribution < 1.29 is 0 Å². The number of thiophene rings is 1. The molecule has 0 spiro atoms. The van der Waals surface area contributed by atoms with E-state index in [4.69, 9.17) is 0 Å². The molecule has 2 unspecified atom stereocenters. The summed E-state index contributed by atoms with van der Waals surface area (Å²) in [5, 5.41) is 5.85. The van der Waals surface area contributed by atoms with Crippen LogP contribution in [0.4, 0.5) is 0 Å². The number of hydrogen-bond donors (Lipinski definition) is 1. The summed E-state index contributed by atoms with van der Waals surface area (Å²) >= 11 is 5.38. The van der Waals surface area contributed by atoms with Crippen molar-refractivity contribution in [1.29, 1.82) is 0 Å². The first kappa shape index (κ1) is 15.5. The van der Waals surface area contributed by atoms with E-state index in [1.165, 1.54) is 41.6 Å². The van der Waals surface area contributed by atoms with Crippen LogP contribution in [-0.2, 0) is 6.54 Å². The van der Waals surface area contributed by atoms with E-state index in [1.54, 1.807) is 0 Å². The van der Waals surface area contributed by atoms with E-state index in [9.17, 15) is 0 Å². The van der Waals surface area contributed by atoms with Gasteiger partial charge in [-0.25, -0.2) is 0 Å². The molecule has 4 heteroatoms. The molecule has 2 rings (SSSR count). The monoisotopic (exact) mass is 344 g/mol. The molecular formula is C15H25BrN2S. The van der Waals surface area contributed by atoms with Crippen molar-refractivity contribution in [2.24, 2.45) is 5.92 Å². The maximum atomic E-state index is 3.68. The maximum Gasteiger partial charge on any atom is 0.0325 e. The molecule has 1 N–H and O–H groups in total. The highest BCUT2D eigenvalue weighted by atomic mass is 79.9. The molecule has 0 bridgehead atoms. The van der Waals surface area contributed by atoms with Gasteiger partial charge in [0, 0.05) is 33.9 Å². The van der Waals surface area contributed by atoms with Crippen LogP contribution in [0.5, 0.6) is 0 Å². The fourth-order valence-electron chi connectivity index (χ4n) is 3.12. The Bertz CT molecular complexity index is 378. The first-order valence-corrected chi connectivity index (χ1v) is 9.01. The van der Waals surface area contributed by atoms with Crippen LogP contribution in [-0.4, -0.2) is 31.1 Å². The first-order valence-electron chi connectivity index (χ1n) is 7.34. The van der Waals surface area contributed by atoms with Gasteiger partial charge < -0.3 is 10.2 Å². The number of nitrogens with one attached hydrogen (secondary N) is 1. The Hall–Kier alpha value is 0.1000. The van der Waals surface area contributed by atoms with Crippen molar-refractivity contribution in [3.05, 3.63) is 20.8 Å². The summed E-state index contributed by atoms with van der Waals surface area (Å²) in [7, 11) is 2.26. The summed E-state index contributed by atoms with van der Waals surface area (Å²) < 4.78 is 1.21. The average molecular weight is 345 g/mol. The molecule has 0 aromatic carbocycles. The normalized spacial score (nSPS) is 24.0. The Morgan fingerprint density at radius 1 is 1.42 bits per heavy atom. The second kappa shape index (κ2) is 7.77. The van der Waals surface area contributed by atoms with E-state index in [0.29, 0.717) is 0 Å². The second-order valence-electron chi connectivity index (χ2n) is 5.64. The van der Waals surface area contributed by atoms with Gasteiger partial charge in [0.15, 0.2) is 0 Å². The fourth-order valence-corrected chi connectivity index (χ4v) is 4.65.